The minimum atomic E-state index is -0.176. The molecule has 0 saturated heterocycles. The van der Waals surface area contributed by atoms with Gasteiger partial charge in [0.1, 0.15) is 5.75 Å². The molecule has 1 rings (SSSR count). The smallest absolute Gasteiger partial charge is 0.220 e. The quantitative estimate of drug-likeness (QED) is 0.799. The van der Waals surface area contributed by atoms with Crippen molar-refractivity contribution in [3.8, 4) is 5.75 Å². The third-order valence-corrected chi connectivity index (χ3v) is 3.82. The van der Waals surface area contributed by atoms with Crippen molar-refractivity contribution in [1.82, 2.24) is 5.32 Å². The highest BCUT2D eigenvalue weighted by Gasteiger charge is 2.14. The van der Waals surface area contributed by atoms with E-state index in [1.807, 2.05) is 32.0 Å². The van der Waals surface area contributed by atoms with Crippen LogP contribution in [0.25, 0.3) is 0 Å². The number of halogens is 1. The molecular formula is C15H22BrNO3. The highest BCUT2D eigenvalue weighted by atomic mass is 79.9. The lowest BCUT2D eigenvalue weighted by Gasteiger charge is -2.19. The molecule has 0 bridgehead atoms. The van der Waals surface area contributed by atoms with Gasteiger partial charge in [0, 0.05) is 6.42 Å². The number of aryl methyl sites for hydroxylation is 1. The Balaban J connectivity index is 2.50. The molecule has 0 heterocycles. The van der Waals surface area contributed by atoms with Gasteiger partial charge in [-0.25, -0.2) is 0 Å². The van der Waals surface area contributed by atoms with Crippen molar-refractivity contribution in [2.24, 2.45) is 5.92 Å². The Kier molecular flexibility index (Phi) is 7.02. The zero-order valence-electron chi connectivity index (χ0n) is 12.1. The first-order chi connectivity index (χ1) is 9.47. The molecule has 0 radical (unpaired) electrons. The number of aliphatic hydroxyl groups excluding tert-OH is 1. The number of hydrogen-bond acceptors (Lipinski definition) is 3. The molecule has 0 aliphatic rings. The Hall–Kier alpha value is -1.07. The maximum absolute atomic E-state index is 11.8. The normalized spacial score (nSPS) is 12.3. The predicted octanol–water partition coefficient (Wildman–Crippen LogP) is 2.52. The Bertz CT molecular complexity index is 449. The van der Waals surface area contributed by atoms with Crippen LogP contribution in [0.3, 0.4) is 0 Å². The van der Waals surface area contributed by atoms with Gasteiger partial charge in [-0.15, -0.1) is 0 Å². The second-order valence-corrected chi connectivity index (χ2v) is 5.92. The van der Waals surface area contributed by atoms with Gasteiger partial charge >= 0.3 is 0 Å². The summed E-state index contributed by atoms with van der Waals surface area (Å²) in [6, 6.07) is 5.60. The molecule has 0 aliphatic carbocycles. The molecule has 1 amide bonds. The number of nitrogens with one attached hydrogen (secondary N) is 1. The second kappa shape index (κ2) is 8.27. The molecule has 112 valence electrons. The molecule has 0 fully saturated rings. The maximum Gasteiger partial charge on any atom is 0.220 e. The minimum Gasteiger partial charge on any atom is -0.496 e. The third kappa shape index (κ3) is 5.13. The number of carbonyl (C=O) groups is 1. The molecule has 1 unspecified atom stereocenters. The van der Waals surface area contributed by atoms with E-state index in [1.54, 1.807) is 7.11 Å². The molecule has 0 spiro atoms. The third-order valence-electron chi connectivity index (χ3n) is 3.20. The molecule has 1 aromatic carbocycles. The highest BCUT2D eigenvalue weighted by molar-refractivity contribution is 9.10. The van der Waals surface area contributed by atoms with Gasteiger partial charge in [0.05, 0.1) is 24.2 Å². The summed E-state index contributed by atoms with van der Waals surface area (Å²) in [5.74, 6) is 0.960. The molecule has 0 aromatic heterocycles. The standard InChI is InChI=1S/C15H22BrNO3/c1-10(2)13(9-18)17-15(19)7-5-11-4-6-14(20-3)12(16)8-11/h4,6,8,10,13,18H,5,7,9H2,1-3H3,(H,17,19). The Morgan fingerprint density at radius 2 is 2.15 bits per heavy atom. The van der Waals surface area contributed by atoms with Crippen LogP contribution in [-0.2, 0) is 11.2 Å². The number of carbonyl (C=O) groups excluding carboxylic acids is 1. The van der Waals surface area contributed by atoms with Gasteiger partial charge < -0.3 is 15.2 Å². The summed E-state index contributed by atoms with van der Waals surface area (Å²) in [7, 11) is 1.62. The van der Waals surface area contributed by atoms with Crippen molar-refractivity contribution < 1.29 is 14.6 Å². The van der Waals surface area contributed by atoms with Crippen LogP contribution >= 0.6 is 15.9 Å². The van der Waals surface area contributed by atoms with E-state index in [9.17, 15) is 9.90 Å². The monoisotopic (exact) mass is 343 g/mol. The fourth-order valence-corrected chi connectivity index (χ4v) is 2.41. The Morgan fingerprint density at radius 1 is 1.45 bits per heavy atom. The maximum atomic E-state index is 11.8. The minimum absolute atomic E-state index is 0.0303. The van der Waals surface area contributed by atoms with Gasteiger partial charge in [0.15, 0.2) is 0 Å². The van der Waals surface area contributed by atoms with Crippen molar-refractivity contribution in [2.45, 2.75) is 32.7 Å². The summed E-state index contributed by atoms with van der Waals surface area (Å²) < 4.78 is 6.05. The van der Waals surface area contributed by atoms with Crippen LogP contribution in [0.4, 0.5) is 0 Å². The lowest BCUT2D eigenvalue weighted by atomic mass is 10.0. The van der Waals surface area contributed by atoms with Crippen LogP contribution in [0.15, 0.2) is 22.7 Å². The van der Waals surface area contributed by atoms with E-state index in [-0.39, 0.29) is 24.5 Å². The summed E-state index contributed by atoms with van der Waals surface area (Å²) in [4.78, 5) is 11.8. The number of ether oxygens (including phenoxy) is 1. The number of rotatable bonds is 7. The molecular weight excluding hydrogens is 322 g/mol. The summed E-state index contributed by atoms with van der Waals surface area (Å²) in [5, 5.41) is 12.0. The van der Waals surface area contributed by atoms with Crippen molar-refractivity contribution in [3.05, 3.63) is 28.2 Å². The first-order valence-electron chi connectivity index (χ1n) is 6.70. The van der Waals surface area contributed by atoms with E-state index >= 15 is 0 Å². The summed E-state index contributed by atoms with van der Waals surface area (Å²) >= 11 is 3.43. The van der Waals surface area contributed by atoms with Crippen LogP contribution in [0, 0.1) is 5.92 Å². The number of benzene rings is 1. The van der Waals surface area contributed by atoms with E-state index in [4.69, 9.17) is 4.74 Å². The lowest BCUT2D eigenvalue weighted by Crippen LogP contribution is -2.41. The second-order valence-electron chi connectivity index (χ2n) is 5.07. The van der Waals surface area contributed by atoms with Crippen LogP contribution in [-0.4, -0.2) is 30.8 Å². The van der Waals surface area contributed by atoms with Gasteiger partial charge in [-0.2, -0.15) is 0 Å². The Morgan fingerprint density at radius 3 is 2.65 bits per heavy atom. The number of methoxy groups -OCH3 is 1. The molecule has 1 aromatic rings. The SMILES string of the molecule is COc1ccc(CCC(=O)NC(CO)C(C)C)cc1Br. The molecule has 0 aliphatic heterocycles. The molecule has 2 N–H and O–H groups in total. The zero-order chi connectivity index (χ0) is 15.1. The van der Waals surface area contributed by atoms with Gasteiger partial charge in [0.25, 0.3) is 0 Å². The first-order valence-corrected chi connectivity index (χ1v) is 7.49. The van der Waals surface area contributed by atoms with Crippen molar-refractivity contribution in [2.75, 3.05) is 13.7 Å². The average molecular weight is 344 g/mol. The molecule has 20 heavy (non-hydrogen) atoms. The fraction of sp³-hybridized carbons (Fsp3) is 0.533. The summed E-state index contributed by atoms with van der Waals surface area (Å²) in [6.45, 7) is 3.92. The lowest BCUT2D eigenvalue weighted by molar-refractivity contribution is -0.122. The largest absolute Gasteiger partial charge is 0.496 e. The zero-order valence-corrected chi connectivity index (χ0v) is 13.7. The predicted molar refractivity (Wildman–Crippen MR) is 82.9 cm³/mol. The molecule has 0 saturated carbocycles. The van der Waals surface area contributed by atoms with Crippen LogP contribution < -0.4 is 10.1 Å². The van der Waals surface area contributed by atoms with Crippen molar-refractivity contribution >= 4 is 21.8 Å². The van der Waals surface area contributed by atoms with Crippen LogP contribution in [0.2, 0.25) is 0 Å². The van der Waals surface area contributed by atoms with E-state index in [0.717, 1.165) is 15.8 Å². The van der Waals surface area contributed by atoms with E-state index < -0.39 is 0 Å². The van der Waals surface area contributed by atoms with Crippen LogP contribution in [0.1, 0.15) is 25.8 Å². The first kappa shape index (κ1) is 17.0. The van der Waals surface area contributed by atoms with Crippen molar-refractivity contribution in [3.63, 3.8) is 0 Å². The van der Waals surface area contributed by atoms with E-state index in [2.05, 4.69) is 21.2 Å². The summed E-state index contributed by atoms with van der Waals surface area (Å²) in [5.41, 5.74) is 1.07. The Labute approximate surface area is 128 Å². The molecule has 1 atom stereocenters. The van der Waals surface area contributed by atoms with Crippen molar-refractivity contribution in [1.29, 1.82) is 0 Å². The van der Waals surface area contributed by atoms with Gasteiger partial charge in [0.2, 0.25) is 5.91 Å². The number of amides is 1. The van der Waals surface area contributed by atoms with Gasteiger partial charge in [-0.3, -0.25) is 4.79 Å². The van der Waals surface area contributed by atoms with E-state index in [0.29, 0.717) is 12.8 Å². The molecule has 5 heteroatoms. The average Bonchev–Trinajstić information content (AvgIpc) is 2.42. The topological polar surface area (TPSA) is 58.6 Å². The van der Waals surface area contributed by atoms with Gasteiger partial charge in [-0.05, 0) is 46.0 Å². The summed E-state index contributed by atoms with van der Waals surface area (Å²) in [6.07, 6.45) is 1.06. The molecule has 4 nitrogen and oxygen atoms in total. The fourth-order valence-electron chi connectivity index (χ4n) is 1.83. The highest BCUT2D eigenvalue weighted by Crippen LogP contribution is 2.25. The van der Waals surface area contributed by atoms with Gasteiger partial charge in [-0.1, -0.05) is 19.9 Å². The number of hydrogen-bond donors (Lipinski definition) is 2. The van der Waals surface area contributed by atoms with Crippen LogP contribution in [0.5, 0.6) is 5.75 Å². The van der Waals surface area contributed by atoms with E-state index in [1.165, 1.54) is 0 Å². The number of aliphatic hydroxyl groups is 1.